The molecular formula is C10H10F5NO. The molecule has 0 aliphatic rings. The van der Waals surface area contributed by atoms with Crippen LogP contribution in [0.4, 0.5) is 22.0 Å². The van der Waals surface area contributed by atoms with Crippen LogP contribution in [0.3, 0.4) is 0 Å². The van der Waals surface area contributed by atoms with Gasteiger partial charge in [-0.15, -0.1) is 0 Å². The molecule has 1 rings (SSSR count). The second kappa shape index (κ2) is 4.97. The average Bonchev–Trinajstić information content (AvgIpc) is 2.15. The topological polar surface area (TPSA) is 46.2 Å². The normalized spacial score (nSPS) is 15.7. The number of halogens is 5. The predicted molar refractivity (Wildman–Crippen MR) is 50.0 cm³/mol. The highest BCUT2D eigenvalue weighted by Crippen LogP contribution is 2.29. The fraction of sp³-hybridized carbons (Fsp3) is 0.400. The lowest BCUT2D eigenvalue weighted by Crippen LogP contribution is -2.38. The zero-order valence-corrected chi connectivity index (χ0v) is 8.51. The van der Waals surface area contributed by atoms with Crippen molar-refractivity contribution in [2.24, 2.45) is 5.73 Å². The molecule has 0 aliphatic heterocycles. The van der Waals surface area contributed by atoms with Crippen molar-refractivity contribution in [3.63, 3.8) is 0 Å². The fourth-order valence-electron chi connectivity index (χ4n) is 1.32. The number of aliphatic hydroxyl groups is 1. The summed E-state index contributed by atoms with van der Waals surface area (Å²) in [6, 6.07) is 0.406. The molecule has 1 aromatic carbocycles. The van der Waals surface area contributed by atoms with Crippen LogP contribution >= 0.6 is 0 Å². The highest BCUT2D eigenvalue weighted by atomic mass is 19.4. The Labute approximate surface area is 93.9 Å². The molecule has 0 bridgehead atoms. The van der Waals surface area contributed by atoms with Gasteiger partial charge in [0.25, 0.3) is 0 Å². The van der Waals surface area contributed by atoms with E-state index >= 15 is 0 Å². The summed E-state index contributed by atoms with van der Waals surface area (Å²) >= 11 is 0. The molecule has 0 radical (unpaired) electrons. The van der Waals surface area contributed by atoms with Gasteiger partial charge < -0.3 is 10.8 Å². The van der Waals surface area contributed by atoms with Crippen molar-refractivity contribution in [3.8, 4) is 0 Å². The molecule has 96 valence electrons. The summed E-state index contributed by atoms with van der Waals surface area (Å²) in [5.41, 5.74) is 3.96. The van der Waals surface area contributed by atoms with Crippen LogP contribution in [0, 0.1) is 11.6 Å². The summed E-state index contributed by atoms with van der Waals surface area (Å²) in [5.74, 6) is -2.21. The summed E-state index contributed by atoms with van der Waals surface area (Å²) in [6.45, 7) is 0. The molecular weight excluding hydrogens is 245 g/mol. The number of alkyl halides is 3. The molecule has 7 heteroatoms. The minimum atomic E-state index is -4.72. The van der Waals surface area contributed by atoms with E-state index in [-0.39, 0.29) is 0 Å². The summed E-state index contributed by atoms with van der Waals surface area (Å²) in [6.07, 6.45) is -7.66. The van der Waals surface area contributed by atoms with Gasteiger partial charge >= 0.3 is 6.18 Å². The molecule has 3 N–H and O–H groups in total. The third-order valence-electron chi connectivity index (χ3n) is 2.23. The van der Waals surface area contributed by atoms with Crippen LogP contribution in [0.15, 0.2) is 18.2 Å². The van der Waals surface area contributed by atoms with E-state index in [2.05, 4.69) is 0 Å². The number of aliphatic hydroxyl groups excluding tert-OH is 1. The molecule has 0 saturated carbocycles. The first-order valence-electron chi connectivity index (χ1n) is 4.67. The molecule has 0 unspecified atom stereocenters. The maximum atomic E-state index is 13.1. The fourth-order valence-corrected chi connectivity index (χ4v) is 1.32. The van der Waals surface area contributed by atoms with E-state index in [1.54, 1.807) is 0 Å². The molecule has 0 aromatic heterocycles. The largest absolute Gasteiger partial charge is 0.403 e. The predicted octanol–water partition coefficient (Wildman–Crippen LogP) is 2.28. The first-order chi connectivity index (χ1) is 7.73. The summed E-state index contributed by atoms with van der Waals surface area (Å²) in [7, 11) is 0. The van der Waals surface area contributed by atoms with Gasteiger partial charge in [0.2, 0.25) is 0 Å². The van der Waals surface area contributed by atoms with Gasteiger partial charge in [0.1, 0.15) is 17.7 Å². The van der Waals surface area contributed by atoms with Crippen molar-refractivity contribution in [1.82, 2.24) is 0 Å². The minimum Gasteiger partial charge on any atom is -0.388 e. The van der Waals surface area contributed by atoms with Gasteiger partial charge in [-0.3, -0.25) is 0 Å². The zero-order valence-electron chi connectivity index (χ0n) is 8.51. The number of hydrogen-bond acceptors (Lipinski definition) is 2. The Morgan fingerprint density at radius 2 is 1.65 bits per heavy atom. The molecule has 0 fully saturated rings. The SMILES string of the molecule is N[C@H](C[C@@H](O)c1c(F)cccc1F)C(F)(F)F. The van der Waals surface area contributed by atoms with E-state index < -0.39 is 41.9 Å². The van der Waals surface area contributed by atoms with Crippen LogP contribution in [0.2, 0.25) is 0 Å². The van der Waals surface area contributed by atoms with Crippen LogP contribution in [-0.4, -0.2) is 17.3 Å². The lowest BCUT2D eigenvalue weighted by molar-refractivity contribution is -0.154. The van der Waals surface area contributed by atoms with E-state index in [4.69, 9.17) is 5.73 Å². The Bertz CT molecular complexity index is 373. The van der Waals surface area contributed by atoms with E-state index in [1.807, 2.05) is 0 Å². The average molecular weight is 255 g/mol. The zero-order chi connectivity index (χ0) is 13.2. The number of rotatable bonds is 3. The van der Waals surface area contributed by atoms with Gasteiger partial charge in [-0.05, 0) is 12.1 Å². The van der Waals surface area contributed by atoms with E-state index in [9.17, 15) is 27.1 Å². The molecule has 0 aliphatic carbocycles. The second-order valence-electron chi connectivity index (χ2n) is 3.53. The van der Waals surface area contributed by atoms with Crippen LogP contribution < -0.4 is 5.73 Å². The highest BCUT2D eigenvalue weighted by molar-refractivity contribution is 5.22. The van der Waals surface area contributed by atoms with Crippen LogP contribution in [-0.2, 0) is 0 Å². The van der Waals surface area contributed by atoms with Crippen LogP contribution in [0.5, 0.6) is 0 Å². The maximum absolute atomic E-state index is 13.1. The quantitative estimate of drug-likeness (QED) is 0.814. The molecule has 17 heavy (non-hydrogen) atoms. The van der Waals surface area contributed by atoms with Gasteiger partial charge in [-0.2, -0.15) is 13.2 Å². The van der Waals surface area contributed by atoms with Crippen molar-refractivity contribution in [3.05, 3.63) is 35.4 Å². The van der Waals surface area contributed by atoms with Crippen molar-refractivity contribution >= 4 is 0 Å². The van der Waals surface area contributed by atoms with Crippen molar-refractivity contribution < 1.29 is 27.1 Å². The maximum Gasteiger partial charge on any atom is 0.403 e. The monoisotopic (exact) mass is 255 g/mol. The molecule has 1 aromatic rings. The number of hydrogen-bond donors (Lipinski definition) is 2. The van der Waals surface area contributed by atoms with E-state index in [0.717, 1.165) is 18.2 Å². The first kappa shape index (κ1) is 13.9. The van der Waals surface area contributed by atoms with Gasteiger partial charge in [0.15, 0.2) is 0 Å². The molecule has 0 amide bonds. The minimum absolute atomic E-state index is 0.799. The van der Waals surface area contributed by atoms with E-state index in [0.29, 0.717) is 0 Å². The molecule has 0 saturated heterocycles. The van der Waals surface area contributed by atoms with Gasteiger partial charge in [0.05, 0.1) is 11.7 Å². The molecule has 0 heterocycles. The Kier molecular flexibility index (Phi) is 4.05. The van der Waals surface area contributed by atoms with Crippen molar-refractivity contribution in [2.75, 3.05) is 0 Å². The number of nitrogens with two attached hydrogens (primary N) is 1. The van der Waals surface area contributed by atoms with Crippen molar-refractivity contribution in [1.29, 1.82) is 0 Å². The van der Waals surface area contributed by atoms with Gasteiger partial charge in [0, 0.05) is 6.42 Å². The lowest BCUT2D eigenvalue weighted by atomic mass is 10.0. The summed E-state index contributed by atoms with van der Waals surface area (Å²) in [4.78, 5) is 0. The Balaban J connectivity index is 2.87. The Morgan fingerprint density at radius 3 is 2.06 bits per heavy atom. The Hall–Kier alpha value is -1.21. The first-order valence-corrected chi connectivity index (χ1v) is 4.67. The second-order valence-corrected chi connectivity index (χ2v) is 3.53. The third kappa shape index (κ3) is 3.37. The smallest absolute Gasteiger partial charge is 0.388 e. The lowest BCUT2D eigenvalue weighted by Gasteiger charge is -2.19. The van der Waals surface area contributed by atoms with Crippen molar-refractivity contribution in [2.45, 2.75) is 24.7 Å². The summed E-state index contributed by atoms with van der Waals surface area (Å²) < 4.78 is 62.6. The van der Waals surface area contributed by atoms with Gasteiger partial charge in [-0.1, -0.05) is 6.07 Å². The summed E-state index contributed by atoms with van der Waals surface area (Å²) in [5, 5.41) is 9.36. The number of benzene rings is 1. The van der Waals surface area contributed by atoms with Crippen LogP contribution in [0.25, 0.3) is 0 Å². The Morgan fingerprint density at radius 1 is 1.18 bits per heavy atom. The molecule has 2 atom stereocenters. The third-order valence-corrected chi connectivity index (χ3v) is 2.23. The molecule has 2 nitrogen and oxygen atoms in total. The van der Waals surface area contributed by atoms with Crippen LogP contribution in [0.1, 0.15) is 18.1 Å². The van der Waals surface area contributed by atoms with Gasteiger partial charge in [-0.25, -0.2) is 8.78 Å². The highest BCUT2D eigenvalue weighted by Gasteiger charge is 2.38. The molecule has 0 spiro atoms. The van der Waals surface area contributed by atoms with E-state index in [1.165, 1.54) is 0 Å². The standard InChI is InChI=1S/C10H10F5NO/c11-5-2-1-3-6(12)9(5)7(17)4-8(16)10(13,14)15/h1-3,7-8,17H,4,16H2/t7-,8-/m1/s1.